The van der Waals surface area contributed by atoms with Crippen molar-refractivity contribution in [3.63, 3.8) is 0 Å². The number of amides is 2. The van der Waals surface area contributed by atoms with Gasteiger partial charge in [-0.2, -0.15) is 0 Å². The summed E-state index contributed by atoms with van der Waals surface area (Å²) < 4.78 is 0. The van der Waals surface area contributed by atoms with Crippen LogP contribution in [0.3, 0.4) is 0 Å². The minimum Gasteiger partial charge on any atom is -0.372 e. The Morgan fingerprint density at radius 3 is 1.65 bits per heavy atom. The molecule has 0 N–H and O–H groups in total. The molecule has 170 valence electrons. The van der Waals surface area contributed by atoms with E-state index in [0.29, 0.717) is 0 Å². The summed E-state index contributed by atoms with van der Waals surface area (Å²) in [4.78, 5) is 35.8. The Morgan fingerprint density at radius 1 is 0.774 bits per heavy atom. The van der Waals surface area contributed by atoms with Crippen molar-refractivity contribution in [1.29, 1.82) is 0 Å². The van der Waals surface area contributed by atoms with Gasteiger partial charge in [0, 0.05) is 40.3 Å². The minimum absolute atomic E-state index is 0.138. The molecule has 6 nitrogen and oxygen atoms in total. The molecule has 2 bridgehead atoms. The molecule has 0 saturated carbocycles. The van der Waals surface area contributed by atoms with Gasteiger partial charge in [-0.3, -0.25) is 9.59 Å². The molecule has 0 aliphatic carbocycles. The van der Waals surface area contributed by atoms with E-state index in [-0.39, 0.29) is 11.8 Å². The Morgan fingerprint density at radius 2 is 1.23 bits per heavy atom. The summed E-state index contributed by atoms with van der Waals surface area (Å²) in [5, 5.41) is 0. The maximum absolute atomic E-state index is 14.2. The van der Waals surface area contributed by atoms with Gasteiger partial charge in [-0.15, -0.1) is 11.8 Å². The molecule has 31 heavy (non-hydrogen) atoms. The lowest BCUT2D eigenvalue weighted by atomic mass is 9.68. The third-order valence-corrected chi connectivity index (χ3v) is 8.19. The van der Waals surface area contributed by atoms with Crippen molar-refractivity contribution in [2.75, 3.05) is 46.0 Å². The van der Waals surface area contributed by atoms with Crippen LogP contribution in [-0.2, 0) is 15.0 Å². The number of likely N-dealkylation sites (N-methyl/N-ethyl adjacent to an activating group) is 4. The van der Waals surface area contributed by atoms with Crippen molar-refractivity contribution in [2.45, 2.75) is 45.0 Å². The lowest BCUT2D eigenvalue weighted by Crippen LogP contribution is -2.80. The van der Waals surface area contributed by atoms with Crippen LogP contribution in [0.4, 0.5) is 0 Å². The molecule has 2 amide bonds. The van der Waals surface area contributed by atoms with E-state index >= 15 is 0 Å². The van der Waals surface area contributed by atoms with Crippen LogP contribution in [0.15, 0.2) is 41.7 Å². The molecule has 3 aliphatic rings. The van der Waals surface area contributed by atoms with Gasteiger partial charge in [0.25, 0.3) is 11.8 Å². The highest BCUT2D eigenvalue weighted by Gasteiger charge is 2.72. The van der Waals surface area contributed by atoms with Gasteiger partial charge in [-0.25, -0.2) is 0 Å². The van der Waals surface area contributed by atoms with E-state index in [9.17, 15) is 9.59 Å². The van der Waals surface area contributed by atoms with Crippen LogP contribution >= 0.6 is 11.8 Å². The van der Waals surface area contributed by atoms with Crippen LogP contribution in [-0.4, -0.2) is 82.4 Å². The average Bonchev–Trinajstić information content (AvgIpc) is 2.79. The van der Waals surface area contributed by atoms with Crippen LogP contribution in [0.2, 0.25) is 0 Å². The largest absolute Gasteiger partial charge is 0.372 e. The molecule has 3 heterocycles. The zero-order chi connectivity index (χ0) is 23.0. The zero-order valence-corrected chi connectivity index (χ0v) is 20.8. The maximum Gasteiger partial charge on any atom is 0.251 e. The molecule has 1 saturated heterocycles. The predicted molar refractivity (Wildman–Crippen MR) is 127 cm³/mol. The number of carbonyl (C=O) groups excluding carboxylic acids is 2. The SMILES string of the molecule is CCSC12C(N(CC)CC)=C(N(CC)CC)C(c3ccccc3)(C(=O)N1C)C(=O)N2C. The second-order valence-electron chi connectivity index (χ2n) is 7.93. The van der Waals surface area contributed by atoms with E-state index in [1.807, 2.05) is 54.2 Å². The highest BCUT2D eigenvalue weighted by atomic mass is 32.2. The number of nitrogens with zero attached hydrogens (tertiary/aromatic N) is 4. The van der Waals surface area contributed by atoms with E-state index in [2.05, 4.69) is 44.4 Å². The number of hydrogen-bond donors (Lipinski definition) is 0. The van der Waals surface area contributed by atoms with Crippen molar-refractivity contribution < 1.29 is 9.59 Å². The first-order valence-corrected chi connectivity index (χ1v) is 12.3. The molecule has 1 aromatic carbocycles. The molecule has 4 rings (SSSR count). The Kier molecular flexibility index (Phi) is 6.65. The van der Waals surface area contributed by atoms with Gasteiger partial charge in [0.2, 0.25) is 4.99 Å². The molecule has 0 radical (unpaired) electrons. The summed E-state index contributed by atoms with van der Waals surface area (Å²) in [5.41, 5.74) is 1.30. The van der Waals surface area contributed by atoms with Gasteiger partial charge in [-0.1, -0.05) is 37.3 Å². The van der Waals surface area contributed by atoms with Gasteiger partial charge in [-0.05, 0) is 39.0 Å². The summed E-state index contributed by atoms with van der Waals surface area (Å²) >= 11 is 1.65. The molecule has 1 aromatic rings. The van der Waals surface area contributed by atoms with E-state index in [0.717, 1.165) is 48.9 Å². The third kappa shape index (κ3) is 2.92. The van der Waals surface area contributed by atoms with Crippen molar-refractivity contribution in [1.82, 2.24) is 19.6 Å². The van der Waals surface area contributed by atoms with E-state index < -0.39 is 10.4 Å². The molecule has 0 atom stereocenters. The van der Waals surface area contributed by atoms with Crippen LogP contribution in [0, 0.1) is 0 Å². The van der Waals surface area contributed by atoms with E-state index in [1.54, 1.807) is 11.8 Å². The Labute approximate surface area is 191 Å². The molecular formula is C24H36N4O2S. The number of benzene rings is 1. The summed E-state index contributed by atoms with van der Waals surface area (Å²) in [5.74, 6) is 0.505. The predicted octanol–water partition coefficient (Wildman–Crippen LogP) is 3.17. The number of rotatable bonds is 9. The van der Waals surface area contributed by atoms with Crippen molar-refractivity contribution in [3.8, 4) is 0 Å². The molecule has 1 fully saturated rings. The van der Waals surface area contributed by atoms with Gasteiger partial charge in [0.05, 0.1) is 11.4 Å². The fourth-order valence-electron chi connectivity index (χ4n) is 5.30. The monoisotopic (exact) mass is 444 g/mol. The highest BCUT2D eigenvalue weighted by Crippen LogP contribution is 2.58. The second-order valence-corrected chi connectivity index (χ2v) is 9.36. The van der Waals surface area contributed by atoms with Crippen LogP contribution in [0.5, 0.6) is 0 Å². The number of thioether (sulfide) groups is 1. The molecular weight excluding hydrogens is 408 g/mol. The molecule has 0 aromatic heterocycles. The van der Waals surface area contributed by atoms with Gasteiger partial charge in [0.1, 0.15) is 0 Å². The first-order valence-electron chi connectivity index (χ1n) is 11.3. The van der Waals surface area contributed by atoms with Crippen molar-refractivity contribution in [2.24, 2.45) is 0 Å². The average molecular weight is 445 g/mol. The van der Waals surface area contributed by atoms with E-state index in [4.69, 9.17) is 0 Å². The number of fused-ring (bicyclic) bond motifs is 2. The lowest BCUT2D eigenvalue weighted by Gasteiger charge is -2.64. The van der Waals surface area contributed by atoms with Crippen LogP contribution in [0.25, 0.3) is 0 Å². The minimum atomic E-state index is -1.37. The normalized spacial score (nSPS) is 25.5. The van der Waals surface area contributed by atoms with Gasteiger partial charge < -0.3 is 19.6 Å². The van der Waals surface area contributed by atoms with Crippen LogP contribution in [0.1, 0.15) is 40.2 Å². The quantitative estimate of drug-likeness (QED) is 0.548. The second kappa shape index (κ2) is 8.77. The lowest BCUT2D eigenvalue weighted by molar-refractivity contribution is -0.170. The maximum atomic E-state index is 14.2. The number of hydrogen-bond acceptors (Lipinski definition) is 5. The van der Waals surface area contributed by atoms with Gasteiger partial charge >= 0.3 is 0 Å². The topological polar surface area (TPSA) is 47.1 Å². The molecule has 7 heteroatoms. The summed E-state index contributed by atoms with van der Waals surface area (Å²) in [7, 11) is 3.71. The fourth-order valence-corrected chi connectivity index (χ4v) is 6.62. The smallest absolute Gasteiger partial charge is 0.251 e. The standard InChI is InChI=1S/C24H36N4O2S/c1-8-27(9-2)19-20(28(10-3)11-4)24(31-12-5)25(6)21(29)23(19,22(30)26(24)7)18-16-14-13-15-17-18/h13-17H,8-12H2,1-7H3. The molecule has 0 spiro atoms. The molecule has 0 unspecified atom stereocenters. The summed E-state index contributed by atoms with van der Waals surface area (Å²) in [6.45, 7) is 13.6. The van der Waals surface area contributed by atoms with Crippen LogP contribution < -0.4 is 0 Å². The summed E-state index contributed by atoms with van der Waals surface area (Å²) in [6, 6.07) is 9.60. The van der Waals surface area contributed by atoms with E-state index in [1.165, 1.54) is 0 Å². The Bertz CT molecular complexity index is 840. The molecule has 3 aliphatic heterocycles. The van der Waals surface area contributed by atoms with Crippen molar-refractivity contribution >= 4 is 23.6 Å². The zero-order valence-electron chi connectivity index (χ0n) is 19.9. The first kappa shape index (κ1) is 23.5. The summed E-state index contributed by atoms with van der Waals surface area (Å²) in [6.07, 6.45) is 0. The first-order chi connectivity index (χ1) is 14.8. The van der Waals surface area contributed by atoms with Crippen molar-refractivity contribution in [3.05, 3.63) is 47.3 Å². The van der Waals surface area contributed by atoms with Gasteiger partial charge in [0.15, 0.2) is 5.41 Å². The number of carbonyl (C=O) groups is 2. The fraction of sp³-hybridized carbons (Fsp3) is 0.583. The third-order valence-electron chi connectivity index (χ3n) is 6.76. The highest BCUT2D eigenvalue weighted by molar-refractivity contribution is 8.00. The Hall–Kier alpha value is -2.15. The Balaban J connectivity index is 2.57.